The number of terminal acetylenes is 1. The quantitative estimate of drug-likeness (QED) is 0.360. The third-order valence-corrected chi connectivity index (χ3v) is 10.2. The minimum Gasteiger partial charge on any atom is -0.508 e. The fraction of sp³-hybridized carbons (Fsp3) is 0.421. The van der Waals surface area contributed by atoms with Crippen molar-refractivity contribution in [2.75, 3.05) is 65.6 Å². The number of amides is 4. The van der Waals surface area contributed by atoms with Crippen LogP contribution in [-0.2, 0) is 27.3 Å². The molecule has 4 heterocycles. The molecular formula is C38H44N8O5. The van der Waals surface area contributed by atoms with E-state index in [4.69, 9.17) is 16.3 Å². The topological polar surface area (TPSA) is 124 Å². The predicted molar refractivity (Wildman–Crippen MR) is 191 cm³/mol. The highest BCUT2D eigenvalue weighted by molar-refractivity contribution is 5.92. The molecule has 13 heteroatoms. The molecule has 4 atom stereocenters. The summed E-state index contributed by atoms with van der Waals surface area (Å²) in [5, 5.41) is 22.9. The average Bonchev–Trinajstić information content (AvgIpc) is 3.57. The normalized spacial score (nSPS) is 25.0. The number of hydrogen-bond donors (Lipinski definition) is 2. The van der Waals surface area contributed by atoms with Crippen molar-refractivity contribution < 1.29 is 24.2 Å². The van der Waals surface area contributed by atoms with Crippen molar-refractivity contribution in [2.24, 2.45) is 11.0 Å². The minimum atomic E-state index is -0.879. The van der Waals surface area contributed by atoms with Gasteiger partial charge in [0.25, 0.3) is 0 Å². The van der Waals surface area contributed by atoms with Gasteiger partial charge in [-0.1, -0.05) is 66.6 Å². The second kappa shape index (κ2) is 15.4. The molecule has 2 unspecified atom stereocenters. The Kier molecular flexibility index (Phi) is 10.3. The molecule has 5 aliphatic rings. The van der Waals surface area contributed by atoms with Gasteiger partial charge >= 0.3 is 6.03 Å². The van der Waals surface area contributed by atoms with Gasteiger partial charge in [0.05, 0.1) is 38.9 Å². The Labute approximate surface area is 298 Å². The van der Waals surface area contributed by atoms with Gasteiger partial charge in [0.15, 0.2) is 0 Å². The maximum Gasteiger partial charge on any atom is 0.334 e. The van der Waals surface area contributed by atoms with E-state index in [1.165, 1.54) is 5.01 Å². The zero-order valence-electron chi connectivity index (χ0n) is 28.6. The van der Waals surface area contributed by atoms with E-state index in [-0.39, 0.29) is 62.1 Å². The molecule has 266 valence electrons. The van der Waals surface area contributed by atoms with Gasteiger partial charge in [-0.25, -0.2) is 9.80 Å². The number of piperazine rings is 1. The molecule has 0 radical (unpaired) electrons. The highest BCUT2D eigenvalue weighted by Crippen LogP contribution is 2.33. The standard InChI is InChI=1S/C38H44N8O5/c1-2-15-43-27-36(48)45-34(22-28-11-13-31(47)14-12-28)37(49)42(26-35(45)46(43)38(50)39-23-29-7-4-3-5-8-29)25-30-9-6-10-33-32(30)24-40-44(33)17-16-41-18-20-51-21-19-41/h1,3-14,24,32-35,47H,15-23,25-27H2,(H,39,50)/t32?,33?,34-,35-/m0/s1. The Morgan fingerprint density at radius 1 is 1.04 bits per heavy atom. The molecule has 0 aromatic heterocycles. The number of carbonyl (C=O) groups is 3. The van der Waals surface area contributed by atoms with Crippen molar-refractivity contribution in [3.63, 3.8) is 0 Å². The molecule has 2 N–H and O–H groups in total. The number of hydrogen-bond acceptors (Lipinski definition) is 9. The van der Waals surface area contributed by atoms with E-state index in [9.17, 15) is 19.5 Å². The van der Waals surface area contributed by atoms with Crippen molar-refractivity contribution in [3.8, 4) is 18.1 Å². The molecule has 13 nitrogen and oxygen atoms in total. The number of fused-ring (bicyclic) bond motifs is 2. The summed E-state index contributed by atoms with van der Waals surface area (Å²) >= 11 is 0. The first-order chi connectivity index (χ1) is 24.9. The van der Waals surface area contributed by atoms with E-state index < -0.39 is 18.2 Å². The summed E-state index contributed by atoms with van der Waals surface area (Å²) in [6.45, 7) is 5.59. The molecule has 2 aromatic rings. The number of phenolic OH excluding ortho intramolecular Hbond substituents is 1. The van der Waals surface area contributed by atoms with E-state index in [0.29, 0.717) is 6.54 Å². The lowest BCUT2D eigenvalue weighted by atomic mass is 9.87. The zero-order chi connectivity index (χ0) is 35.3. The van der Waals surface area contributed by atoms with Crippen LogP contribution in [0.4, 0.5) is 4.79 Å². The van der Waals surface area contributed by atoms with Crippen LogP contribution in [0.5, 0.6) is 5.75 Å². The lowest BCUT2D eigenvalue weighted by Gasteiger charge is -2.55. The fourth-order valence-electron chi connectivity index (χ4n) is 7.59. The van der Waals surface area contributed by atoms with E-state index in [0.717, 1.165) is 56.1 Å². The van der Waals surface area contributed by atoms with E-state index in [1.54, 1.807) is 39.1 Å². The first-order valence-corrected chi connectivity index (χ1v) is 17.5. The van der Waals surface area contributed by atoms with Gasteiger partial charge in [0.1, 0.15) is 18.0 Å². The van der Waals surface area contributed by atoms with Crippen LogP contribution in [0.3, 0.4) is 0 Å². The number of benzene rings is 2. The smallest absolute Gasteiger partial charge is 0.334 e. The maximum absolute atomic E-state index is 14.5. The Hall–Kier alpha value is -5.16. The number of ether oxygens (including phenoxy) is 1. The minimum absolute atomic E-state index is 0.0164. The number of hydrazone groups is 1. The van der Waals surface area contributed by atoms with Gasteiger partial charge in [0, 0.05) is 57.8 Å². The number of nitrogens with one attached hydrogen (secondary N) is 1. The van der Waals surface area contributed by atoms with Gasteiger partial charge in [-0.05, 0) is 28.8 Å². The molecular weight excluding hydrogens is 648 g/mol. The molecule has 7 rings (SSSR count). The van der Waals surface area contributed by atoms with Crippen LogP contribution in [0.15, 0.2) is 83.5 Å². The van der Waals surface area contributed by atoms with Crippen LogP contribution in [-0.4, -0.2) is 143 Å². The monoisotopic (exact) mass is 692 g/mol. The largest absolute Gasteiger partial charge is 0.508 e. The summed E-state index contributed by atoms with van der Waals surface area (Å²) in [7, 11) is 0. The Balaban J connectivity index is 1.14. The van der Waals surface area contributed by atoms with E-state index in [1.807, 2.05) is 48.7 Å². The molecule has 0 bridgehead atoms. The number of aromatic hydroxyl groups is 1. The number of phenols is 1. The van der Waals surface area contributed by atoms with Gasteiger partial charge in [-0.2, -0.15) is 10.1 Å². The molecule has 0 saturated carbocycles. The second-order valence-electron chi connectivity index (χ2n) is 13.4. The zero-order valence-corrected chi connectivity index (χ0v) is 28.6. The summed E-state index contributed by atoms with van der Waals surface area (Å²) in [6.07, 6.45) is 13.4. The Bertz CT molecular complexity index is 1720. The Morgan fingerprint density at radius 2 is 1.82 bits per heavy atom. The number of hydrazine groups is 1. The third-order valence-electron chi connectivity index (χ3n) is 10.2. The molecule has 1 aliphatic carbocycles. The first kappa shape index (κ1) is 34.3. The first-order valence-electron chi connectivity index (χ1n) is 17.5. The molecule has 51 heavy (non-hydrogen) atoms. The van der Waals surface area contributed by atoms with Gasteiger partial charge in [0.2, 0.25) is 11.8 Å². The van der Waals surface area contributed by atoms with Gasteiger partial charge in [-0.3, -0.25) is 19.5 Å². The summed E-state index contributed by atoms with van der Waals surface area (Å²) in [4.78, 5) is 48.2. The number of urea groups is 1. The number of nitrogens with zero attached hydrogens (tertiary/aromatic N) is 7. The van der Waals surface area contributed by atoms with Crippen molar-refractivity contribution in [1.82, 2.24) is 35.0 Å². The number of carbonyl (C=O) groups excluding carboxylic acids is 3. The maximum atomic E-state index is 14.5. The van der Waals surface area contributed by atoms with Crippen molar-refractivity contribution in [3.05, 3.63) is 89.5 Å². The highest BCUT2D eigenvalue weighted by Gasteiger charge is 2.51. The average molecular weight is 693 g/mol. The second-order valence-corrected chi connectivity index (χ2v) is 13.4. The molecule has 4 aliphatic heterocycles. The SMILES string of the molecule is C#CCN1CC(=O)N2[C@@H](Cc3ccc(O)cc3)C(=O)N(CC3=CC=CC4C3C=NN4CCN3CCOCC3)C[C@@H]2N1C(=O)NCc1ccccc1. The van der Waals surface area contributed by atoms with Gasteiger partial charge in [-0.15, -0.1) is 6.42 Å². The van der Waals surface area contributed by atoms with Crippen LogP contribution in [0.1, 0.15) is 11.1 Å². The third kappa shape index (κ3) is 7.49. The van der Waals surface area contributed by atoms with Crippen molar-refractivity contribution in [1.29, 1.82) is 0 Å². The summed E-state index contributed by atoms with van der Waals surface area (Å²) < 4.78 is 5.50. The lowest BCUT2D eigenvalue weighted by molar-refractivity contribution is -0.188. The van der Waals surface area contributed by atoms with E-state index >= 15 is 0 Å². The van der Waals surface area contributed by atoms with Crippen molar-refractivity contribution >= 4 is 24.1 Å². The predicted octanol–water partition coefficient (Wildman–Crippen LogP) is 1.49. The summed E-state index contributed by atoms with van der Waals surface area (Å²) in [6, 6.07) is 15.0. The fourth-order valence-corrected chi connectivity index (χ4v) is 7.59. The summed E-state index contributed by atoms with van der Waals surface area (Å²) in [5.74, 6) is 2.21. The summed E-state index contributed by atoms with van der Waals surface area (Å²) in [5.41, 5.74) is 2.74. The van der Waals surface area contributed by atoms with Crippen LogP contribution < -0.4 is 5.32 Å². The number of morpholine rings is 1. The molecule has 2 aromatic carbocycles. The molecule has 4 amide bonds. The van der Waals surface area contributed by atoms with Crippen LogP contribution >= 0.6 is 0 Å². The van der Waals surface area contributed by atoms with Crippen LogP contribution in [0, 0.1) is 18.3 Å². The number of allylic oxidation sites excluding steroid dienone is 2. The van der Waals surface area contributed by atoms with Crippen LogP contribution in [0.2, 0.25) is 0 Å². The molecule has 3 saturated heterocycles. The van der Waals surface area contributed by atoms with Gasteiger partial charge < -0.3 is 25.0 Å². The molecule has 0 spiro atoms. The Morgan fingerprint density at radius 3 is 2.59 bits per heavy atom. The lowest BCUT2D eigenvalue weighted by Crippen LogP contribution is -2.76. The van der Waals surface area contributed by atoms with E-state index in [2.05, 4.69) is 27.2 Å². The van der Waals surface area contributed by atoms with Crippen molar-refractivity contribution in [2.45, 2.75) is 31.2 Å². The highest BCUT2D eigenvalue weighted by atomic mass is 16.5. The number of rotatable bonds is 10. The van der Waals surface area contributed by atoms with Crippen LogP contribution in [0.25, 0.3) is 0 Å². The molecule has 3 fully saturated rings.